The van der Waals surface area contributed by atoms with Gasteiger partial charge in [0, 0.05) is 12.2 Å². The summed E-state index contributed by atoms with van der Waals surface area (Å²) in [4.78, 5) is 12.0. The highest BCUT2D eigenvalue weighted by Gasteiger charge is 2.41. The van der Waals surface area contributed by atoms with Crippen molar-refractivity contribution in [3.8, 4) is 0 Å². The zero-order chi connectivity index (χ0) is 12.3. The van der Waals surface area contributed by atoms with Crippen molar-refractivity contribution in [2.24, 2.45) is 5.41 Å². The van der Waals surface area contributed by atoms with Gasteiger partial charge in [0.05, 0.1) is 5.56 Å². The lowest BCUT2D eigenvalue weighted by Crippen LogP contribution is -2.30. The van der Waals surface area contributed by atoms with Crippen LogP contribution in [0.25, 0.3) is 0 Å². The van der Waals surface area contributed by atoms with Gasteiger partial charge in [-0.15, -0.1) is 12.4 Å². The fraction of sp³-hybridized carbons (Fsp3) is 0.500. The highest BCUT2D eigenvalue weighted by atomic mass is 35.5. The van der Waals surface area contributed by atoms with Gasteiger partial charge in [-0.3, -0.25) is 4.79 Å². The van der Waals surface area contributed by atoms with Crippen LogP contribution in [-0.4, -0.2) is 12.5 Å². The molecule has 18 heavy (non-hydrogen) atoms. The van der Waals surface area contributed by atoms with Crippen LogP contribution >= 0.6 is 12.4 Å². The molecule has 1 fully saturated rings. The molecule has 1 amide bonds. The molecule has 0 radical (unpaired) electrons. The smallest absolute Gasteiger partial charge is 0.253 e. The van der Waals surface area contributed by atoms with E-state index in [-0.39, 0.29) is 18.3 Å². The third kappa shape index (κ3) is 3.39. The Balaban J connectivity index is 0.00000162. The molecule has 0 saturated heterocycles. The summed E-state index contributed by atoms with van der Waals surface area (Å²) in [7, 11) is 0. The summed E-state index contributed by atoms with van der Waals surface area (Å²) in [5.74, 6) is -0.0505. The fourth-order valence-electron chi connectivity index (χ4n) is 2.29. The molecule has 4 heteroatoms. The summed E-state index contributed by atoms with van der Waals surface area (Å²) < 4.78 is 0. The quantitative estimate of drug-likeness (QED) is 0.807. The number of rotatable bonds is 5. The lowest BCUT2D eigenvalue weighted by atomic mass is 10.0. The zero-order valence-corrected chi connectivity index (χ0v) is 11.6. The first-order valence-corrected chi connectivity index (χ1v) is 6.30. The predicted molar refractivity (Wildman–Crippen MR) is 77.0 cm³/mol. The minimum Gasteiger partial charge on any atom is -0.398 e. The summed E-state index contributed by atoms with van der Waals surface area (Å²) in [6.45, 7) is 2.98. The van der Waals surface area contributed by atoms with Crippen LogP contribution in [0.1, 0.15) is 43.0 Å². The first-order chi connectivity index (χ1) is 8.17. The van der Waals surface area contributed by atoms with Gasteiger partial charge in [-0.2, -0.15) is 0 Å². The lowest BCUT2D eigenvalue weighted by molar-refractivity contribution is 0.0944. The molecule has 3 N–H and O–H groups in total. The van der Waals surface area contributed by atoms with Crippen molar-refractivity contribution < 1.29 is 4.79 Å². The fourth-order valence-corrected chi connectivity index (χ4v) is 2.29. The molecule has 100 valence electrons. The van der Waals surface area contributed by atoms with E-state index in [9.17, 15) is 4.79 Å². The van der Waals surface area contributed by atoms with Crippen LogP contribution in [-0.2, 0) is 0 Å². The van der Waals surface area contributed by atoms with Crippen LogP contribution in [0.4, 0.5) is 5.69 Å². The maximum Gasteiger partial charge on any atom is 0.253 e. The first-order valence-electron chi connectivity index (χ1n) is 6.30. The lowest BCUT2D eigenvalue weighted by Gasteiger charge is -2.15. The Morgan fingerprint density at radius 1 is 1.39 bits per heavy atom. The largest absolute Gasteiger partial charge is 0.398 e. The molecule has 2 rings (SSSR count). The van der Waals surface area contributed by atoms with Crippen molar-refractivity contribution in [2.75, 3.05) is 12.3 Å². The second-order valence-electron chi connectivity index (χ2n) is 5.02. The van der Waals surface area contributed by atoms with E-state index >= 15 is 0 Å². The Bertz CT molecular complexity index is 416. The summed E-state index contributed by atoms with van der Waals surface area (Å²) in [5.41, 5.74) is 7.29. The molecule has 0 aliphatic heterocycles. The molecule has 3 nitrogen and oxygen atoms in total. The molecule has 0 heterocycles. The van der Waals surface area contributed by atoms with Crippen LogP contribution < -0.4 is 11.1 Å². The third-order valence-corrected chi connectivity index (χ3v) is 3.57. The van der Waals surface area contributed by atoms with Gasteiger partial charge in [0.25, 0.3) is 5.91 Å². The number of nitrogen functional groups attached to an aromatic ring is 1. The molecule has 1 aromatic rings. The van der Waals surface area contributed by atoms with Gasteiger partial charge >= 0.3 is 0 Å². The maximum absolute atomic E-state index is 12.0. The molecular weight excluding hydrogens is 248 g/mol. The van der Waals surface area contributed by atoms with E-state index in [4.69, 9.17) is 5.73 Å². The molecule has 0 atom stereocenters. The first kappa shape index (κ1) is 14.8. The summed E-state index contributed by atoms with van der Waals surface area (Å²) in [6, 6.07) is 7.20. The summed E-state index contributed by atoms with van der Waals surface area (Å²) in [5, 5.41) is 3.01. The summed E-state index contributed by atoms with van der Waals surface area (Å²) in [6.07, 6.45) is 4.87. The van der Waals surface area contributed by atoms with Crippen LogP contribution in [0, 0.1) is 5.41 Å². The van der Waals surface area contributed by atoms with Crippen LogP contribution in [0.2, 0.25) is 0 Å². The van der Waals surface area contributed by atoms with Crippen molar-refractivity contribution in [3.63, 3.8) is 0 Å². The Kier molecular flexibility index (Phi) is 5.03. The number of anilines is 1. The number of hydrogen-bond acceptors (Lipinski definition) is 2. The number of benzene rings is 1. The van der Waals surface area contributed by atoms with Crippen molar-refractivity contribution in [1.29, 1.82) is 0 Å². The van der Waals surface area contributed by atoms with Gasteiger partial charge in [-0.25, -0.2) is 0 Å². The van der Waals surface area contributed by atoms with Gasteiger partial charge in [0.2, 0.25) is 0 Å². The van der Waals surface area contributed by atoms with E-state index in [1.165, 1.54) is 25.7 Å². The van der Waals surface area contributed by atoms with E-state index in [0.717, 1.165) is 6.54 Å². The standard InChI is InChI=1S/C14H20N2O.ClH/c1-2-7-14(8-9-14)10-16-13(17)11-5-3-4-6-12(11)15;/h3-6H,2,7-10,15H2,1H3,(H,16,17);1H. The Morgan fingerprint density at radius 3 is 2.61 bits per heavy atom. The van der Waals surface area contributed by atoms with E-state index < -0.39 is 0 Å². The Hall–Kier alpha value is -1.22. The minimum absolute atomic E-state index is 0. The van der Waals surface area contributed by atoms with E-state index in [0.29, 0.717) is 16.7 Å². The van der Waals surface area contributed by atoms with Crippen LogP contribution in [0.3, 0.4) is 0 Å². The van der Waals surface area contributed by atoms with Crippen molar-refractivity contribution in [2.45, 2.75) is 32.6 Å². The highest BCUT2D eigenvalue weighted by Crippen LogP contribution is 2.48. The number of para-hydroxylation sites is 1. The van der Waals surface area contributed by atoms with Crippen LogP contribution in [0.5, 0.6) is 0 Å². The average molecular weight is 269 g/mol. The summed E-state index contributed by atoms with van der Waals surface area (Å²) >= 11 is 0. The Morgan fingerprint density at radius 2 is 2.06 bits per heavy atom. The zero-order valence-electron chi connectivity index (χ0n) is 10.7. The topological polar surface area (TPSA) is 55.1 Å². The van der Waals surface area contributed by atoms with Gasteiger partial charge in [0.1, 0.15) is 0 Å². The van der Waals surface area contributed by atoms with Crippen LogP contribution in [0.15, 0.2) is 24.3 Å². The molecule has 0 unspecified atom stereocenters. The number of amides is 1. The van der Waals surface area contributed by atoms with E-state index in [1.54, 1.807) is 12.1 Å². The van der Waals surface area contributed by atoms with Gasteiger partial charge in [-0.1, -0.05) is 25.5 Å². The van der Waals surface area contributed by atoms with Crippen molar-refractivity contribution >= 4 is 24.0 Å². The van der Waals surface area contributed by atoms with Gasteiger partial charge < -0.3 is 11.1 Å². The number of nitrogens with one attached hydrogen (secondary N) is 1. The second kappa shape index (κ2) is 6.10. The number of nitrogens with two attached hydrogens (primary N) is 1. The normalized spacial score (nSPS) is 15.6. The predicted octanol–water partition coefficient (Wildman–Crippen LogP) is 3.00. The SMILES string of the molecule is CCCC1(CNC(=O)c2ccccc2N)CC1.Cl. The average Bonchev–Trinajstić information content (AvgIpc) is 3.08. The van der Waals surface area contributed by atoms with Gasteiger partial charge in [0.15, 0.2) is 0 Å². The monoisotopic (exact) mass is 268 g/mol. The number of carbonyl (C=O) groups is 1. The maximum atomic E-state index is 12.0. The third-order valence-electron chi connectivity index (χ3n) is 3.57. The molecule has 1 saturated carbocycles. The molecule has 1 aliphatic carbocycles. The number of carbonyl (C=O) groups excluding carboxylic acids is 1. The molecule has 0 spiro atoms. The second-order valence-corrected chi connectivity index (χ2v) is 5.02. The van der Waals surface area contributed by atoms with Crippen molar-refractivity contribution in [1.82, 2.24) is 5.32 Å². The molecule has 1 aliphatic rings. The van der Waals surface area contributed by atoms with E-state index in [2.05, 4.69) is 12.2 Å². The van der Waals surface area contributed by atoms with Crippen molar-refractivity contribution in [3.05, 3.63) is 29.8 Å². The highest BCUT2D eigenvalue weighted by molar-refractivity contribution is 5.99. The van der Waals surface area contributed by atoms with E-state index in [1.807, 2.05) is 12.1 Å². The minimum atomic E-state index is -0.0505. The van der Waals surface area contributed by atoms with Gasteiger partial charge in [-0.05, 0) is 36.8 Å². The molecule has 0 bridgehead atoms. The molecule has 1 aromatic carbocycles. The molecular formula is C14H21ClN2O. The Labute approximate surface area is 115 Å². The number of hydrogen-bond donors (Lipinski definition) is 2. The number of halogens is 1. The molecule has 0 aromatic heterocycles.